The number of ether oxygens (including phenoxy) is 2. The molecule has 4 rings (SSSR count). The number of carboxylic acid groups (broad SMARTS) is 2. The molecule has 2 aliphatic heterocycles. The monoisotopic (exact) mass is 1020 g/mol. The Balaban J connectivity index is 0.00000285. The van der Waals surface area contributed by atoms with Gasteiger partial charge in [-0.15, -0.1) is 12.6 Å². The number of rotatable bonds is 21. The lowest BCUT2D eigenvalue weighted by molar-refractivity contribution is -0.437. The molecular formula is C41H50N2O20S4. The predicted octanol–water partition coefficient (Wildman–Crippen LogP) is 3.46. The number of carbonyl (C=O) groups is 4. The summed E-state index contributed by atoms with van der Waals surface area (Å²) in [7, 11) is -16.5. The first-order valence-corrected chi connectivity index (χ1v) is 25.9. The molecule has 368 valence electrons. The number of anilines is 1. The number of hydrogen-bond acceptors (Lipinski definition) is 17. The summed E-state index contributed by atoms with van der Waals surface area (Å²) in [4.78, 5) is 53.0. The number of carbonyl (C=O) groups excluding carboxylic acids is 2. The Kier molecular flexibility index (Phi) is 18.6. The zero-order valence-corrected chi connectivity index (χ0v) is 40.1. The number of fused-ring (bicyclic) bond motifs is 2. The average Bonchev–Trinajstić information content (AvgIpc) is 3.53. The van der Waals surface area contributed by atoms with Gasteiger partial charge in [0.1, 0.15) is 6.54 Å². The lowest BCUT2D eigenvalue weighted by Crippen LogP contribution is -2.29. The van der Waals surface area contributed by atoms with Crippen molar-refractivity contribution in [1.82, 2.24) is 0 Å². The van der Waals surface area contributed by atoms with Crippen LogP contribution in [-0.4, -0.2) is 139 Å². The van der Waals surface area contributed by atoms with Crippen LogP contribution >= 0.6 is 0 Å². The molecule has 22 nitrogen and oxygen atoms in total. The summed E-state index contributed by atoms with van der Waals surface area (Å²) in [6.45, 7) is 8.32. The first-order valence-electron chi connectivity index (χ1n) is 20.1. The van der Waals surface area contributed by atoms with Crippen molar-refractivity contribution in [3.8, 4) is 0 Å². The lowest BCUT2D eigenvalue weighted by atomic mass is 9.78. The van der Waals surface area contributed by atoms with E-state index in [0.717, 1.165) is 6.07 Å². The highest BCUT2D eigenvalue weighted by molar-refractivity contribution is 7.86. The predicted molar refractivity (Wildman–Crippen MR) is 238 cm³/mol. The maximum Gasteiger partial charge on any atom is 0.425 e. The summed E-state index contributed by atoms with van der Waals surface area (Å²) in [5.74, 6) is -6.53. The molecule has 26 heteroatoms. The molecule has 0 fully saturated rings. The number of hydrogen-bond donors (Lipinski definition) is 4. The van der Waals surface area contributed by atoms with Crippen molar-refractivity contribution in [2.75, 3.05) is 48.5 Å². The Hall–Kier alpha value is -5.64. The van der Waals surface area contributed by atoms with Crippen LogP contribution in [0.5, 0.6) is 0 Å². The van der Waals surface area contributed by atoms with Crippen molar-refractivity contribution in [3.05, 3.63) is 93.7 Å². The third-order valence-corrected chi connectivity index (χ3v) is 12.8. The van der Waals surface area contributed by atoms with E-state index in [1.165, 1.54) is 18.2 Å². The molecule has 2 aliphatic rings. The molecule has 0 aromatic heterocycles. The molecule has 67 heavy (non-hydrogen) atoms. The zero-order valence-electron chi connectivity index (χ0n) is 36.8. The SMILES string of the molecule is CCCOC(=O)c1cc(C(=O)O)cc2c1C(C)(C)C(/C=C/C=C/C=C1/N(CCCS(=O)(=O)O)c3cc(C(=O)O)cc(C(=O)OCCCS(=O)(=O)O)c3C1(C)C)=[N+]2CCCS(=O)(=O)[O-].O=S(=O)=O. The molecule has 0 saturated carbocycles. The van der Waals surface area contributed by atoms with Gasteiger partial charge in [0.2, 0.25) is 5.69 Å². The molecular weight excluding hydrogens is 969 g/mol. The number of nitrogens with zero attached hydrogens (tertiary/aromatic N) is 2. The number of esters is 2. The van der Waals surface area contributed by atoms with Crippen LogP contribution < -0.4 is 4.90 Å². The summed E-state index contributed by atoms with van der Waals surface area (Å²) in [5, 5.41) is 19.9. The van der Waals surface area contributed by atoms with Crippen LogP contribution in [0.15, 0.2) is 60.3 Å². The minimum atomic E-state index is -4.62. The Morgan fingerprint density at radius 3 is 1.78 bits per heavy atom. The minimum absolute atomic E-state index is 0.00185. The van der Waals surface area contributed by atoms with Gasteiger partial charge in [-0.3, -0.25) is 9.11 Å². The van der Waals surface area contributed by atoms with E-state index in [-0.39, 0.29) is 66.9 Å². The molecule has 2 heterocycles. The van der Waals surface area contributed by atoms with Crippen LogP contribution in [0.2, 0.25) is 0 Å². The average molecular weight is 1020 g/mol. The standard InChI is InChI=1S/C41H50N2O17S3.O3S/c1-6-17-59-38(48)28-22-26(36(44)45)24-30-34(28)40(2,3)32(42(30)15-10-19-61(50,51)52)13-8-7-9-14-33-41(4,5)35-29(39(49)60-18-12-21-63(56,57)58)23-27(37(46)47)25-31(35)43(33)16-11-20-62(53,54)55;1-4(2)3/h7-9,13-14,22-25H,6,10-12,15-21H2,1-5H3,(H4-,44,45,46,47,50,51,52,53,54,55,56,57,58);. The summed E-state index contributed by atoms with van der Waals surface area (Å²) < 4.78 is 137. The highest BCUT2D eigenvalue weighted by Gasteiger charge is 2.48. The molecule has 2 aromatic carbocycles. The van der Waals surface area contributed by atoms with Crippen LogP contribution in [0.4, 0.5) is 11.4 Å². The van der Waals surface area contributed by atoms with Gasteiger partial charge < -0.3 is 29.1 Å². The van der Waals surface area contributed by atoms with E-state index in [1.807, 2.05) is 0 Å². The number of carboxylic acids is 2. The van der Waals surface area contributed by atoms with Crippen molar-refractivity contribution in [2.45, 2.75) is 71.1 Å². The number of aromatic carboxylic acids is 2. The summed E-state index contributed by atoms with van der Waals surface area (Å²) in [6, 6.07) is 4.99. The van der Waals surface area contributed by atoms with Crippen LogP contribution in [0.25, 0.3) is 0 Å². The maximum atomic E-state index is 13.5. The van der Waals surface area contributed by atoms with Crippen molar-refractivity contribution >= 4 is 81.9 Å². The van der Waals surface area contributed by atoms with E-state index in [0.29, 0.717) is 34.6 Å². The van der Waals surface area contributed by atoms with Crippen LogP contribution in [0.3, 0.4) is 0 Å². The molecule has 0 amide bonds. The highest BCUT2D eigenvalue weighted by atomic mass is 32.2. The highest BCUT2D eigenvalue weighted by Crippen LogP contribution is 2.50. The van der Waals surface area contributed by atoms with Gasteiger partial charge in [-0.2, -0.15) is 21.4 Å². The van der Waals surface area contributed by atoms with E-state index in [4.69, 9.17) is 26.7 Å². The normalized spacial score (nSPS) is 15.9. The Morgan fingerprint density at radius 2 is 1.25 bits per heavy atom. The van der Waals surface area contributed by atoms with Gasteiger partial charge in [-0.25, -0.2) is 27.6 Å². The second-order valence-electron chi connectivity index (χ2n) is 16.1. The fraction of sp³-hybridized carbons (Fsp3) is 0.439. The number of allylic oxidation sites excluding steroid dienone is 6. The molecule has 0 bridgehead atoms. The number of benzene rings is 2. The third kappa shape index (κ3) is 15.2. The molecule has 0 atom stereocenters. The van der Waals surface area contributed by atoms with Crippen LogP contribution in [-0.2, 0) is 61.3 Å². The van der Waals surface area contributed by atoms with E-state index >= 15 is 0 Å². The Labute approximate surface area is 388 Å². The lowest BCUT2D eigenvalue weighted by Gasteiger charge is -2.27. The fourth-order valence-electron chi connectivity index (χ4n) is 7.75. The molecule has 0 saturated heterocycles. The van der Waals surface area contributed by atoms with Crippen LogP contribution in [0, 0.1) is 0 Å². The molecule has 0 aliphatic carbocycles. The fourth-order valence-corrected chi connectivity index (χ4v) is 9.21. The van der Waals surface area contributed by atoms with Gasteiger partial charge in [0, 0.05) is 53.2 Å². The summed E-state index contributed by atoms with van der Waals surface area (Å²) in [6.07, 6.45) is 8.09. The maximum absolute atomic E-state index is 13.5. The topological polar surface area (TPSA) is 351 Å². The van der Waals surface area contributed by atoms with E-state index < -0.39 is 99.5 Å². The minimum Gasteiger partial charge on any atom is -0.748 e. The van der Waals surface area contributed by atoms with Gasteiger partial charge in [0.05, 0.1) is 68.1 Å². The van der Waals surface area contributed by atoms with Crippen molar-refractivity contribution in [3.63, 3.8) is 0 Å². The van der Waals surface area contributed by atoms with E-state index in [1.54, 1.807) is 74.5 Å². The Bertz CT molecular complexity index is 2870. The first-order chi connectivity index (χ1) is 30.8. The van der Waals surface area contributed by atoms with E-state index in [9.17, 15) is 63.8 Å². The van der Waals surface area contributed by atoms with Crippen LogP contribution in [0.1, 0.15) is 113 Å². The summed E-state index contributed by atoms with van der Waals surface area (Å²) >= 11 is 0. The quantitative estimate of drug-likeness (QED) is 0.0457. The molecule has 4 N–H and O–H groups in total. The van der Waals surface area contributed by atoms with Gasteiger partial charge in [0.25, 0.3) is 20.2 Å². The second-order valence-corrected chi connectivity index (χ2v) is 21.1. The third-order valence-electron chi connectivity index (χ3n) is 10.4. The smallest absolute Gasteiger partial charge is 0.425 e. The van der Waals surface area contributed by atoms with Crippen molar-refractivity contribution in [2.24, 2.45) is 0 Å². The van der Waals surface area contributed by atoms with Crippen molar-refractivity contribution < 1.29 is 95.0 Å². The van der Waals surface area contributed by atoms with Gasteiger partial charge in [-0.1, -0.05) is 39.0 Å². The van der Waals surface area contributed by atoms with Gasteiger partial charge in [0.15, 0.2) is 5.71 Å². The molecule has 2 aromatic rings. The summed E-state index contributed by atoms with van der Waals surface area (Å²) in [5.41, 5.74) is -0.608. The Morgan fingerprint density at radius 1 is 0.731 bits per heavy atom. The van der Waals surface area contributed by atoms with Gasteiger partial charge >= 0.3 is 34.5 Å². The second kappa shape index (κ2) is 22.4. The largest absolute Gasteiger partial charge is 0.748 e. The molecule has 0 unspecified atom stereocenters. The zero-order chi connectivity index (χ0) is 50.9. The van der Waals surface area contributed by atoms with Gasteiger partial charge in [-0.05, 0) is 57.4 Å². The molecule has 0 spiro atoms. The van der Waals surface area contributed by atoms with Crippen molar-refractivity contribution in [1.29, 1.82) is 0 Å². The molecule has 0 radical (unpaired) electrons. The first kappa shape index (κ1) is 55.7. The van der Waals surface area contributed by atoms with E-state index in [2.05, 4.69) is 0 Å².